The quantitative estimate of drug-likeness (QED) is 0.501. The smallest absolute Gasteiger partial charge is 0.292 e. The van der Waals surface area contributed by atoms with Crippen LogP contribution in [-0.2, 0) is 10.0 Å². The van der Waals surface area contributed by atoms with Crippen LogP contribution in [0.25, 0.3) is 0 Å². The number of nitro benzene ring substituents is 1. The van der Waals surface area contributed by atoms with Crippen molar-refractivity contribution in [3.05, 3.63) is 28.3 Å². The molecule has 0 aliphatic heterocycles. The van der Waals surface area contributed by atoms with Crippen LogP contribution in [0.5, 0.6) is 0 Å². The molecule has 0 saturated heterocycles. The fraction of sp³-hybridized carbons (Fsp3) is 0.538. The molecule has 8 heteroatoms. The predicted octanol–water partition coefficient (Wildman–Crippen LogP) is 2.03. The number of hydrogen-bond donors (Lipinski definition) is 2. The van der Waals surface area contributed by atoms with Gasteiger partial charge in [0.1, 0.15) is 5.69 Å². The number of sulfonamides is 1. The van der Waals surface area contributed by atoms with E-state index < -0.39 is 14.9 Å². The molecular formula is C13H19N3O4S. The van der Waals surface area contributed by atoms with E-state index in [1.807, 2.05) is 6.92 Å². The van der Waals surface area contributed by atoms with E-state index in [4.69, 9.17) is 5.73 Å². The highest BCUT2D eigenvalue weighted by Crippen LogP contribution is 2.27. The van der Waals surface area contributed by atoms with Gasteiger partial charge < -0.3 is 5.73 Å². The Morgan fingerprint density at radius 2 is 2.00 bits per heavy atom. The van der Waals surface area contributed by atoms with Crippen LogP contribution in [-0.4, -0.2) is 19.4 Å². The van der Waals surface area contributed by atoms with Gasteiger partial charge in [0.15, 0.2) is 0 Å². The van der Waals surface area contributed by atoms with Crippen molar-refractivity contribution in [3.63, 3.8) is 0 Å². The second-order valence-corrected chi connectivity index (χ2v) is 7.18. The molecule has 0 amide bonds. The molecule has 21 heavy (non-hydrogen) atoms. The minimum Gasteiger partial charge on any atom is -0.393 e. The average Bonchev–Trinajstić information content (AvgIpc) is 2.40. The highest BCUT2D eigenvalue weighted by molar-refractivity contribution is 7.89. The molecular weight excluding hydrogens is 294 g/mol. The molecule has 0 radical (unpaired) electrons. The van der Waals surface area contributed by atoms with Gasteiger partial charge in [-0.25, -0.2) is 13.1 Å². The molecule has 1 fully saturated rings. The molecule has 1 aromatic rings. The molecule has 0 heterocycles. The summed E-state index contributed by atoms with van der Waals surface area (Å²) in [6, 6.07) is 3.37. The highest BCUT2D eigenvalue weighted by atomic mass is 32.2. The molecule has 1 aliphatic rings. The first-order valence-electron chi connectivity index (χ1n) is 6.87. The molecule has 0 spiro atoms. The van der Waals surface area contributed by atoms with Crippen LogP contribution in [0.1, 0.15) is 32.6 Å². The van der Waals surface area contributed by atoms with Gasteiger partial charge in [-0.05, 0) is 30.9 Å². The topological polar surface area (TPSA) is 115 Å². The van der Waals surface area contributed by atoms with E-state index in [2.05, 4.69) is 4.72 Å². The third-order valence-electron chi connectivity index (χ3n) is 3.92. The van der Waals surface area contributed by atoms with Gasteiger partial charge in [0.2, 0.25) is 10.0 Å². The van der Waals surface area contributed by atoms with E-state index in [1.54, 1.807) is 0 Å². The van der Waals surface area contributed by atoms with Crippen LogP contribution in [0.4, 0.5) is 11.4 Å². The maximum Gasteiger partial charge on any atom is 0.292 e. The summed E-state index contributed by atoms with van der Waals surface area (Å²) in [6.45, 7) is 2.02. The van der Waals surface area contributed by atoms with Crippen molar-refractivity contribution >= 4 is 21.4 Å². The van der Waals surface area contributed by atoms with E-state index in [0.717, 1.165) is 37.8 Å². The second-order valence-electron chi connectivity index (χ2n) is 5.47. The molecule has 0 aromatic heterocycles. The van der Waals surface area contributed by atoms with E-state index in [9.17, 15) is 18.5 Å². The molecule has 2 atom stereocenters. The van der Waals surface area contributed by atoms with Crippen LogP contribution in [0.2, 0.25) is 0 Å². The van der Waals surface area contributed by atoms with Crippen molar-refractivity contribution in [2.45, 2.75) is 43.5 Å². The number of nitrogens with one attached hydrogen (secondary N) is 1. The lowest BCUT2D eigenvalue weighted by Gasteiger charge is -2.29. The summed E-state index contributed by atoms with van der Waals surface area (Å²) >= 11 is 0. The average molecular weight is 313 g/mol. The third kappa shape index (κ3) is 3.51. The van der Waals surface area contributed by atoms with Gasteiger partial charge in [-0.3, -0.25) is 10.1 Å². The zero-order valence-electron chi connectivity index (χ0n) is 11.8. The lowest BCUT2D eigenvalue weighted by molar-refractivity contribution is -0.383. The molecule has 7 nitrogen and oxygen atoms in total. The Balaban J connectivity index is 2.23. The fourth-order valence-electron chi connectivity index (χ4n) is 2.62. The summed E-state index contributed by atoms with van der Waals surface area (Å²) in [4.78, 5) is 10.0. The number of rotatable bonds is 4. The van der Waals surface area contributed by atoms with E-state index >= 15 is 0 Å². The van der Waals surface area contributed by atoms with Crippen LogP contribution in [0.3, 0.4) is 0 Å². The molecule has 2 rings (SSSR count). The number of nitrogens with zero attached hydrogens (tertiary/aromatic N) is 1. The monoisotopic (exact) mass is 313 g/mol. The number of hydrogen-bond acceptors (Lipinski definition) is 5. The normalized spacial score (nSPS) is 22.9. The first-order chi connectivity index (χ1) is 9.81. The first kappa shape index (κ1) is 15.7. The summed E-state index contributed by atoms with van der Waals surface area (Å²) in [5.74, 6) is 0.281. The summed E-state index contributed by atoms with van der Waals surface area (Å²) in [7, 11) is -3.71. The highest BCUT2D eigenvalue weighted by Gasteiger charge is 2.27. The first-order valence-corrected chi connectivity index (χ1v) is 8.36. The number of nitrogens with two attached hydrogens (primary N) is 1. The number of benzene rings is 1. The van der Waals surface area contributed by atoms with E-state index in [-0.39, 0.29) is 28.2 Å². The Kier molecular flexibility index (Phi) is 4.48. The number of nitrogen functional groups attached to an aromatic ring is 1. The molecule has 116 valence electrons. The van der Waals surface area contributed by atoms with Gasteiger partial charge >= 0.3 is 0 Å². The summed E-state index contributed by atoms with van der Waals surface area (Å²) in [6.07, 6.45) is 3.92. The zero-order chi connectivity index (χ0) is 15.6. The van der Waals surface area contributed by atoms with E-state index in [1.165, 1.54) is 6.07 Å². The lowest BCUT2D eigenvalue weighted by Crippen LogP contribution is -2.40. The van der Waals surface area contributed by atoms with Crippen molar-refractivity contribution in [3.8, 4) is 0 Å². The van der Waals surface area contributed by atoms with Gasteiger partial charge in [-0.2, -0.15) is 0 Å². The van der Waals surface area contributed by atoms with Crippen LogP contribution in [0, 0.1) is 16.0 Å². The van der Waals surface area contributed by atoms with Crippen molar-refractivity contribution in [1.82, 2.24) is 4.72 Å². The Hall–Kier alpha value is -1.67. The van der Waals surface area contributed by atoms with E-state index in [0.29, 0.717) is 0 Å². The van der Waals surface area contributed by atoms with Crippen LogP contribution in [0.15, 0.2) is 23.1 Å². The van der Waals surface area contributed by atoms with Gasteiger partial charge in [-0.15, -0.1) is 0 Å². The molecule has 2 unspecified atom stereocenters. The largest absolute Gasteiger partial charge is 0.393 e. The summed E-state index contributed by atoms with van der Waals surface area (Å²) in [5.41, 5.74) is 5.10. The predicted molar refractivity (Wildman–Crippen MR) is 79.3 cm³/mol. The number of nitro groups is 1. The van der Waals surface area contributed by atoms with Gasteiger partial charge in [0.25, 0.3) is 5.69 Å². The maximum atomic E-state index is 12.3. The number of anilines is 1. The maximum absolute atomic E-state index is 12.3. The Bertz CT molecular complexity index is 645. The second kappa shape index (κ2) is 5.98. The Morgan fingerprint density at radius 3 is 2.57 bits per heavy atom. The Labute approximate surface area is 123 Å². The fourth-order valence-corrected chi connectivity index (χ4v) is 4.04. The van der Waals surface area contributed by atoms with Crippen molar-refractivity contribution in [2.75, 3.05) is 5.73 Å². The summed E-state index contributed by atoms with van der Waals surface area (Å²) in [5, 5.41) is 10.7. The molecule has 0 bridgehead atoms. The lowest BCUT2D eigenvalue weighted by atomic mass is 9.87. The van der Waals surface area contributed by atoms with Gasteiger partial charge in [-0.1, -0.05) is 19.8 Å². The minimum atomic E-state index is -3.71. The van der Waals surface area contributed by atoms with Gasteiger partial charge in [0, 0.05) is 12.1 Å². The third-order valence-corrected chi connectivity index (χ3v) is 5.41. The molecule has 3 N–H and O–H groups in total. The van der Waals surface area contributed by atoms with Crippen LogP contribution < -0.4 is 10.5 Å². The van der Waals surface area contributed by atoms with Crippen molar-refractivity contribution in [1.29, 1.82) is 0 Å². The summed E-state index contributed by atoms with van der Waals surface area (Å²) < 4.78 is 27.4. The minimum absolute atomic E-state index is 0.0385. The van der Waals surface area contributed by atoms with Crippen molar-refractivity contribution < 1.29 is 13.3 Å². The zero-order valence-corrected chi connectivity index (χ0v) is 12.6. The van der Waals surface area contributed by atoms with Gasteiger partial charge in [0.05, 0.1) is 9.82 Å². The van der Waals surface area contributed by atoms with Crippen molar-refractivity contribution in [2.24, 2.45) is 5.92 Å². The molecule has 1 aliphatic carbocycles. The standard InChI is InChI=1S/C13H19N3O4S/c1-9-4-2-3-5-12(9)15-21(19,20)10-6-7-13(16(17)18)11(14)8-10/h6-9,12,15H,2-5,14H2,1H3. The SMILES string of the molecule is CC1CCCCC1NS(=O)(=O)c1ccc([N+](=O)[O-])c(N)c1. The molecule has 1 saturated carbocycles. The molecule has 1 aromatic carbocycles. The Morgan fingerprint density at radius 1 is 1.33 bits per heavy atom. The van der Waals surface area contributed by atoms with Crippen LogP contribution >= 0.6 is 0 Å².